The van der Waals surface area contributed by atoms with Crippen LogP contribution in [0.4, 0.5) is 19.0 Å². The minimum Gasteiger partial charge on any atom is -0.481 e. The summed E-state index contributed by atoms with van der Waals surface area (Å²) in [5.74, 6) is 0.104. The SMILES string of the molecule is COc1cc(N2CCCC(N3CC[C@@H](NC(=O)CNC(=O)c4cccc(C(F)(F)F)c4)C3)CC2)nc(OC)n1. The molecule has 2 aliphatic heterocycles. The number of alkyl halides is 3. The average Bonchev–Trinajstić information content (AvgIpc) is 3.25. The smallest absolute Gasteiger partial charge is 0.416 e. The third-order valence-electron chi connectivity index (χ3n) is 7.04. The second-order valence-corrected chi connectivity index (χ2v) is 9.64. The number of nitrogens with one attached hydrogen (secondary N) is 2. The van der Waals surface area contributed by atoms with Gasteiger partial charge in [-0.25, -0.2) is 0 Å². The van der Waals surface area contributed by atoms with Crippen molar-refractivity contribution in [3.05, 3.63) is 41.5 Å². The van der Waals surface area contributed by atoms with Crippen LogP contribution in [0.1, 0.15) is 41.6 Å². The number of amides is 2. The first-order valence-corrected chi connectivity index (χ1v) is 12.9. The quantitative estimate of drug-likeness (QED) is 0.516. The number of nitrogens with zero attached hydrogens (tertiary/aromatic N) is 4. The molecule has 0 radical (unpaired) electrons. The number of ether oxygens (including phenoxy) is 2. The molecule has 2 amide bonds. The summed E-state index contributed by atoms with van der Waals surface area (Å²) in [6.07, 6.45) is -0.831. The van der Waals surface area contributed by atoms with E-state index in [1.54, 1.807) is 13.2 Å². The zero-order valence-corrected chi connectivity index (χ0v) is 22.0. The van der Waals surface area contributed by atoms with Gasteiger partial charge in [-0.3, -0.25) is 14.5 Å². The number of aromatic nitrogens is 2. The molecule has 2 saturated heterocycles. The predicted octanol–water partition coefficient (Wildman–Crippen LogP) is 2.49. The van der Waals surface area contributed by atoms with E-state index in [1.807, 2.05) is 0 Å². The van der Waals surface area contributed by atoms with Crippen LogP contribution in [0.25, 0.3) is 0 Å². The number of benzene rings is 1. The number of anilines is 1. The van der Waals surface area contributed by atoms with Gasteiger partial charge in [-0.2, -0.15) is 23.1 Å². The summed E-state index contributed by atoms with van der Waals surface area (Å²) in [4.78, 5) is 37.9. The van der Waals surface area contributed by atoms with Crippen LogP contribution < -0.4 is 25.0 Å². The molecule has 1 aromatic carbocycles. The van der Waals surface area contributed by atoms with Crippen molar-refractivity contribution < 1.29 is 32.2 Å². The Kier molecular flexibility index (Phi) is 9.10. The Bertz CT molecular complexity index is 1140. The Morgan fingerprint density at radius 2 is 1.87 bits per heavy atom. The molecular formula is C26H33F3N6O4. The molecule has 39 heavy (non-hydrogen) atoms. The van der Waals surface area contributed by atoms with Gasteiger partial charge in [0.2, 0.25) is 11.8 Å². The summed E-state index contributed by atoms with van der Waals surface area (Å²) in [6.45, 7) is 2.90. The summed E-state index contributed by atoms with van der Waals surface area (Å²) in [5.41, 5.74) is -1.06. The molecule has 1 unspecified atom stereocenters. The second kappa shape index (κ2) is 12.5. The molecule has 2 atom stereocenters. The van der Waals surface area contributed by atoms with Gasteiger partial charge in [0.25, 0.3) is 5.91 Å². The highest BCUT2D eigenvalue weighted by Gasteiger charge is 2.32. The number of methoxy groups -OCH3 is 2. The van der Waals surface area contributed by atoms with Crippen LogP contribution in [0.15, 0.2) is 30.3 Å². The minimum absolute atomic E-state index is 0.0577. The Balaban J connectivity index is 1.24. The van der Waals surface area contributed by atoms with Crippen molar-refractivity contribution in [3.8, 4) is 11.9 Å². The van der Waals surface area contributed by atoms with Gasteiger partial charge in [-0.1, -0.05) is 6.07 Å². The lowest BCUT2D eigenvalue weighted by atomic mass is 10.1. The fourth-order valence-corrected chi connectivity index (χ4v) is 5.04. The van der Waals surface area contributed by atoms with Gasteiger partial charge in [0.15, 0.2) is 0 Å². The van der Waals surface area contributed by atoms with Gasteiger partial charge in [0.1, 0.15) is 5.82 Å². The van der Waals surface area contributed by atoms with Crippen LogP contribution in [0.2, 0.25) is 0 Å². The van der Waals surface area contributed by atoms with E-state index in [-0.39, 0.29) is 30.1 Å². The fourth-order valence-electron chi connectivity index (χ4n) is 5.04. The van der Waals surface area contributed by atoms with Crippen LogP contribution in [-0.4, -0.2) is 85.7 Å². The van der Waals surface area contributed by atoms with Crippen molar-refractivity contribution in [2.24, 2.45) is 0 Å². The lowest BCUT2D eigenvalue weighted by molar-refractivity contribution is -0.137. The first-order chi connectivity index (χ1) is 18.7. The third-order valence-corrected chi connectivity index (χ3v) is 7.04. The summed E-state index contributed by atoms with van der Waals surface area (Å²) in [7, 11) is 3.07. The zero-order chi connectivity index (χ0) is 28.0. The molecule has 2 fully saturated rings. The van der Waals surface area contributed by atoms with Gasteiger partial charge in [-0.15, -0.1) is 0 Å². The fraction of sp³-hybridized carbons (Fsp3) is 0.538. The van der Waals surface area contributed by atoms with E-state index >= 15 is 0 Å². The van der Waals surface area contributed by atoms with E-state index in [0.717, 1.165) is 63.3 Å². The van der Waals surface area contributed by atoms with Crippen molar-refractivity contribution in [2.45, 2.75) is 43.9 Å². The van der Waals surface area contributed by atoms with E-state index in [2.05, 4.69) is 30.4 Å². The van der Waals surface area contributed by atoms with E-state index in [0.29, 0.717) is 18.5 Å². The molecule has 0 saturated carbocycles. The van der Waals surface area contributed by atoms with Crippen LogP contribution in [0.5, 0.6) is 11.9 Å². The van der Waals surface area contributed by atoms with Crippen LogP contribution in [-0.2, 0) is 11.0 Å². The number of hydrogen-bond acceptors (Lipinski definition) is 8. The third kappa shape index (κ3) is 7.49. The first kappa shape index (κ1) is 28.4. The highest BCUT2D eigenvalue weighted by molar-refractivity contribution is 5.96. The van der Waals surface area contributed by atoms with E-state index in [4.69, 9.17) is 9.47 Å². The normalized spacial score (nSPS) is 20.3. The number of halogens is 3. The molecule has 0 aliphatic carbocycles. The van der Waals surface area contributed by atoms with Crippen molar-refractivity contribution in [2.75, 3.05) is 51.8 Å². The number of hydrogen-bond donors (Lipinski definition) is 2. The highest BCUT2D eigenvalue weighted by Crippen LogP contribution is 2.30. The molecule has 13 heteroatoms. The summed E-state index contributed by atoms with van der Waals surface area (Å²) >= 11 is 0. The number of carbonyl (C=O) groups is 2. The van der Waals surface area contributed by atoms with Crippen molar-refractivity contribution in [1.82, 2.24) is 25.5 Å². The van der Waals surface area contributed by atoms with E-state index < -0.39 is 17.6 Å². The maximum Gasteiger partial charge on any atom is 0.416 e. The Morgan fingerprint density at radius 1 is 1.05 bits per heavy atom. The number of rotatable bonds is 8. The largest absolute Gasteiger partial charge is 0.481 e. The van der Waals surface area contributed by atoms with Gasteiger partial charge in [0.05, 0.1) is 26.3 Å². The van der Waals surface area contributed by atoms with Crippen molar-refractivity contribution in [3.63, 3.8) is 0 Å². The van der Waals surface area contributed by atoms with E-state index in [1.165, 1.54) is 19.2 Å². The summed E-state index contributed by atoms with van der Waals surface area (Å²) < 4.78 is 49.2. The lowest BCUT2D eigenvalue weighted by Crippen LogP contribution is -2.44. The maximum atomic E-state index is 12.9. The molecule has 0 spiro atoms. The second-order valence-electron chi connectivity index (χ2n) is 9.64. The topological polar surface area (TPSA) is 109 Å². The predicted molar refractivity (Wildman–Crippen MR) is 137 cm³/mol. The Hall–Kier alpha value is -3.61. The van der Waals surface area contributed by atoms with Crippen LogP contribution >= 0.6 is 0 Å². The van der Waals surface area contributed by atoms with E-state index in [9.17, 15) is 22.8 Å². The van der Waals surface area contributed by atoms with Crippen LogP contribution in [0.3, 0.4) is 0 Å². The summed E-state index contributed by atoms with van der Waals surface area (Å²) in [5, 5.41) is 5.34. The van der Waals surface area contributed by atoms with Gasteiger partial charge >= 0.3 is 12.2 Å². The Labute approximate surface area is 224 Å². The molecule has 2 aromatic rings. The van der Waals surface area contributed by atoms with Crippen molar-refractivity contribution in [1.29, 1.82) is 0 Å². The molecule has 212 valence electrons. The molecule has 10 nitrogen and oxygen atoms in total. The standard InChI is InChI=1S/C26H33F3N6O4/c1-38-23-14-21(32-25(33-23)39-2)34-10-4-7-20(9-12-34)35-11-8-19(16-35)31-22(36)15-30-24(37)17-5-3-6-18(13-17)26(27,28)29/h3,5-6,13-14,19-20H,4,7-12,15-16H2,1-2H3,(H,30,37)(H,31,36)/t19-,20?/m1/s1. The maximum absolute atomic E-state index is 12.9. The molecule has 2 aliphatic rings. The molecule has 4 rings (SSSR count). The zero-order valence-electron chi connectivity index (χ0n) is 22.0. The summed E-state index contributed by atoms with van der Waals surface area (Å²) in [6, 6.07) is 6.48. The minimum atomic E-state index is -4.55. The average molecular weight is 551 g/mol. The van der Waals surface area contributed by atoms with Gasteiger partial charge in [0, 0.05) is 49.9 Å². The Morgan fingerprint density at radius 3 is 2.62 bits per heavy atom. The lowest BCUT2D eigenvalue weighted by Gasteiger charge is -2.27. The number of carbonyl (C=O) groups excluding carboxylic acids is 2. The first-order valence-electron chi connectivity index (χ1n) is 12.9. The molecule has 1 aromatic heterocycles. The monoisotopic (exact) mass is 550 g/mol. The highest BCUT2D eigenvalue weighted by atomic mass is 19.4. The molecular weight excluding hydrogens is 517 g/mol. The van der Waals surface area contributed by atoms with Crippen LogP contribution in [0, 0.1) is 0 Å². The number of likely N-dealkylation sites (tertiary alicyclic amines) is 1. The molecule has 2 N–H and O–H groups in total. The van der Waals surface area contributed by atoms with Gasteiger partial charge in [-0.05, 0) is 43.9 Å². The van der Waals surface area contributed by atoms with Gasteiger partial charge < -0.3 is 25.0 Å². The molecule has 0 bridgehead atoms. The molecule has 3 heterocycles. The van der Waals surface area contributed by atoms with Crippen molar-refractivity contribution >= 4 is 17.6 Å².